The third kappa shape index (κ3) is 3.44. The molecule has 130 valence electrons. The van der Waals surface area contributed by atoms with Gasteiger partial charge in [-0.05, 0) is 0 Å². The van der Waals surface area contributed by atoms with E-state index in [-0.39, 0.29) is 13.2 Å². The summed E-state index contributed by atoms with van der Waals surface area (Å²) in [6.45, 7) is 3.66. The minimum Gasteiger partial charge on any atom is -0.497 e. The maximum atomic E-state index is 11.1. The molecule has 0 aromatic heterocycles. The van der Waals surface area contributed by atoms with Crippen LogP contribution in [-0.4, -0.2) is 40.5 Å². The highest BCUT2D eigenvalue weighted by molar-refractivity contribution is 5.81. The van der Waals surface area contributed by atoms with Gasteiger partial charge in [0.05, 0.1) is 13.5 Å². The standard InChI is InChI=1S/C18H22O6/c1-5-16(19)23-10-11-24-17-13-8-6-7-9-14(13)18(21-3,22-4)12-15(17)20-2/h5-9H,1,10-12H2,2-4H3. The fraction of sp³-hybridized carbons (Fsp3) is 0.389. The van der Waals surface area contributed by atoms with Crippen LogP contribution < -0.4 is 0 Å². The van der Waals surface area contributed by atoms with Crippen molar-refractivity contribution < 1.29 is 28.5 Å². The highest BCUT2D eigenvalue weighted by Gasteiger charge is 2.42. The minimum absolute atomic E-state index is 0.118. The van der Waals surface area contributed by atoms with Crippen LogP contribution in [0.25, 0.3) is 5.76 Å². The molecule has 1 aromatic rings. The van der Waals surface area contributed by atoms with Crippen molar-refractivity contribution in [2.24, 2.45) is 0 Å². The quantitative estimate of drug-likeness (QED) is 0.315. The zero-order valence-corrected chi connectivity index (χ0v) is 14.2. The lowest BCUT2D eigenvalue weighted by atomic mass is 9.89. The van der Waals surface area contributed by atoms with Crippen molar-refractivity contribution >= 4 is 11.7 Å². The van der Waals surface area contributed by atoms with Gasteiger partial charge in [0.1, 0.15) is 19.0 Å². The van der Waals surface area contributed by atoms with Crippen molar-refractivity contribution in [3.05, 3.63) is 53.8 Å². The van der Waals surface area contributed by atoms with Gasteiger partial charge in [0.15, 0.2) is 5.76 Å². The Balaban J connectivity index is 2.27. The van der Waals surface area contributed by atoms with Crippen LogP contribution in [0.15, 0.2) is 42.7 Å². The number of ether oxygens (including phenoxy) is 5. The maximum Gasteiger partial charge on any atom is 0.330 e. The van der Waals surface area contributed by atoms with Gasteiger partial charge < -0.3 is 23.7 Å². The lowest BCUT2D eigenvalue weighted by Crippen LogP contribution is -2.35. The Bertz CT molecular complexity index is 630. The van der Waals surface area contributed by atoms with Gasteiger partial charge in [-0.1, -0.05) is 30.8 Å². The highest BCUT2D eigenvalue weighted by atomic mass is 16.7. The Kier molecular flexibility index (Phi) is 6.00. The molecule has 0 atom stereocenters. The van der Waals surface area contributed by atoms with Crippen molar-refractivity contribution in [2.75, 3.05) is 34.5 Å². The molecular formula is C18H22O6. The van der Waals surface area contributed by atoms with Gasteiger partial charge in [-0.3, -0.25) is 0 Å². The van der Waals surface area contributed by atoms with E-state index in [9.17, 15) is 4.79 Å². The van der Waals surface area contributed by atoms with E-state index in [1.807, 2.05) is 24.3 Å². The van der Waals surface area contributed by atoms with Crippen LogP contribution in [-0.2, 0) is 34.3 Å². The second kappa shape index (κ2) is 7.99. The molecule has 0 N–H and O–H groups in total. The van der Waals surface area contributed by atoms with Gasteiger partial charge in [-0.25, -0.2) is 4.79 Å². The van der Waals surface area contributed by atoms with Gasteiger partial charge in [-0.2, -0.15) is 0 Å². The molecule has 2 rings (SSSR count). The van der Waals surface area contributed by atoms with E-state index < -0.39 is 11.8 Å². The maximum absolute atomic E-state index is 11.1. The van der Waals surface area contributed by atoms with Crippen molar-refractivity contribution in [1.29, 1.82) is 0 Å². The molecule has 0 saturated heterocycles. The number of fused-ring (bicyclic) bond motifs is 1. The van der Waals surface area contributed by atoms with E-state index in [2.05, 4.69) is 6.58 Å². The summed E-state index contributed by atoms with van der Waals surface area (Å²) in [7, 11) is 4.75. The summed E-state index contributed by atoms with van der Waals surface area (Å²) in [6.07, 6.45) is 1.48. The predicted octanol–water partition coefficient (Wildman–Crippen LogP) is 2.60. The molecule has 0 radical (unpaired) electrons. The normalized spacial score (nSPS) is 15.5. The molecule has 0 unspecified atom stereocenters. The molecule has 24 heavy (non-hydrogen) atoms. The molecule has 0 spiro atoms. The topological polar surface area (TPSA) is 63.2 Å². The van der Waals surface area contributed by atoms with Gasteiger partial charge in [0, 0.05) is 31.4 Å². The number of carbonyl (C=O) groups excluding carboxylic acids is 1. The predicted molar refractivity (Wildman–Crippen MR) is 87.8 cm³/mol. The van der Waals surface area contributed by atoms with E-state index in [1.165, 1.54) is 0 Å². The summed E-state index contributed by atoms with van der Waals surface area (Å²) in [4.78, 5) is 11.1. The van der Waals surface area contributed by atoms with Crippen LogP contribution in [0, 0.1) is 0 Å². The summed E-state index contributed by atoms with van der Waals surface area (Å²) >= 11 is 0. The smallest absolute Gasteiger partial charge is 0.330 e. The van der Waals surface area contributed by atoms with Crippen LogP contribution in [0.2, 0.25) is 0 Å². The number of rotatable bonds is 8. The van der Waals surface area contributed by atoms with Crippen molar-refractivity contribution in [3.8, 4) is 0 Å². The molecule has 1 aliphatic carbocycles. The first-order chi connectivity index (χ1) is 11.6. The molecule has 0 aliphatic heterocycles. The van der Waals surface area contributed by atoms with Gasteiger partial charge >= 0.3 is 5.97 Å². The third-order valence-electron chi connectivity index (χ3n) is 3.88. The largest absolute Gasteiger partial charge is 0.497 e. The van der Waals surface area contributed by atoms with Crippen LogP contribution >= 0.6 is 0 Å². The Hall–Kier alpha value is -2.31. The van der Waals surface area contributed by atoms with Crippen molar-refractivity contribution in [2.45, 2.75) is 12.2 Å². The SMILES string of the molecule is C=CC(=O)OCCOC1=C(OC)CC(OC)(OC)c2ccccc21. The van der Waals surface area contributed by atoms with E-state index in [1.54, 1.807) is 21.3 Å². The second-order valence-corrected chi connectivity index (χ2v) is 5.06. The van der Waals surface area contributed by atoms with Crippen LogP contribution in [0.4, 0.5) is 0 Å². The molecule has 0 amide bonds. The molecule has 6 nitrogen and oxygen atoms in total. The lowest BCUT2D eigenvalue weighted by molar-refractivity contribution is -0.220. The molecule has 1 aromatic carbocycles. The monoisotopic (exact) mass is 334 g/mol. The lowest BCUT2D eigenvalue weighted by Gasteiger charge is -2.37. The molecular weight excluding hydrogens is 312 g/mol. The Labute approximate surface area is 141 Å². The summed E-state index contributed by atoms with van der Waals surface area (Å²) < 4.78 is 27.5. The summed E-state index contributed by atoms with van der Waals surface area (Å²) in [5.74, 6) is -0.217. The second-order valence-electron chi connectivity index (χ2n) is 5.06. The number of hydrogen-bond donors (Lipinski definition) is 0. The van der Waals surface area contributed by atoms with Crippen molar-refractivity contribution in [1.82, 2.24) is 0 Å². The Morgan fingerprint density at radius 1 is 1.21 bits per heavy atom. The highest BCUT2D eigenvalue weighted by Crippen LogP contribution is 2.44. The average molecular weight is 334 g/mol. The fourth-order valence-corrected chi connectivity index (χ4v) is 2.67. The van der Waals surface area contributed by atoms with Crippen molar-refractivity contribution in [3.63, 3.8) is 0 Å². The van der Waals surface area contributed by atoms with E-state index >= 15 is 0 Å². The first kappa shape index (κ1) is 18.0. The van der Waals surface area contributed by atoms with Crippen LogP contribution in [0.3, 0.4) is 0 Å². The van der Waals surface area contributed by atoms with E-state index in [0.29, 0.717) is 17.9 Å². The number of benzene rings is 1. The zero-order valence-electron chi connectivity index (χ0n) is 14.2. The van der Waals surface area contributed by atoms with Gasteiger partial charge in [0.2, 0.25) is 5.79 Å². The molecule has 0 saturated carbocycles. The van der Waals surface area contributed by atoms with Crippen LogP contribution in [0.1, 0.15) is 17.5 Å². The minimum atomic E-state index is -0.926. The first-order valence-corrected chi connectivity index (χ1v) is 7.51. The third-order valence-corrected chi connectivity index (χ3v) is 3.88. The molecule has 1 aliphatic rings. The first-order valence-electron chi connectivity index (χ1n) is 7.51. The van der Waals surface area contributed by atoms with E-state index in [4.69, 9.17) is 23.7 Å². The van der Waals surface area contributed by atoms with Gasteiger partial charge in [0.25, 0.3) is 0 Å². The van der Waals surface area contributed by atoms with Crippen LogP contribution in [0.5, 0.6) is 0 Å². The molecule has 6 heteroatoms. The summed E-state index contributed by atoms with van der Waals surface area (Å²) in [6, 6.07) is 7.64. The summed E-state index contributed by atoms with van der Waals surface area (Å²) in [5, 5.41) is 0. The summed E-state index contributed by atoms with van der Waals surface area (Å²) in [5.41, 5.74) is 1.67. The fourth-order valence-electron chi connectivity index (χ4n) is 2.67. The number of esters is 1. The zero-order chi connectivity index (χ0) is 17.6. The Morgan fingerprint density at radius 2 is 1.92 bits per heavy atom. The van der Waals surface area contributed by atoms with E-state index in [0.717, 1.165) is 17.2 Å². The van der Waals surface area contributed by atoms with Gasteiger partial charge in [-0.15, -0.1) is 0 Å². The molecule has 0 fully saturated rings. The molecule has 0 bridgehead atoms. The molecule has 0 heterocycles. The average Bonchev–Trinajstić information content (AvgIpc) is 2.64. The Morgan fingerprint density at radius 3 is 2.54 bits per heavy atom. The number of hydrogen-bond acceptors (Lipinski definition) is 6. The number of carbonyl (C=O) groups is 1. The number of methoxy groups -OCH3 is 3.